The maximum Gasteiger partial charge on any atom is 0.338 e. The zero-order chi connectivity index (χ0) is 24.5. The maximum absolute atomic E-state index is 13.6. The van der Waals surface area contributed by atoms with Crippen LogP contribution in [0.15, 0.2) is 59.7 Å². The van der Waals surface area contributed by atoms with E-state index in [9.17, 15) is 9.59 Å². The van der Waals surface area contributed by atoms with Gasteiger partial charge in [0.1, 0.15) is 17.2 Å². The van der Waals surface area contributed by atoms with Gasteiger partial charge in [0.25, 0.3) is 5.56 Å². The Kier molecular flexibility index (Phi) is 6.03. The van der Waals surface area contributed by atoms with Gasteiger partial charge in [-0.05, 0) is 56.2 Å². The number of rotatable bonds is 7. The number of benzene rings is 2. The zero-order valence-electron chi connectivity index (χ0n) is 20.1. The first kappa shape index (κ1) is 22.7. The molecule has 0 aliphatic heterocycles. The Morgan fingerprint density at radius 2 is 1.71 bits per heavy atom. The minimum Gasteiger partial charge on any atom is -0.462 e. The van der Waals surface area contributed by atoms with Crippen LogP contribution in [0.1, 0.15) is 56.4 Å². The second-order valence-electron chi connectivity index (χ2n) is 8.67. The lowest BCUT2D eigenvalue weighted by atomic mass is 10.2. The molecule has 2 aromatic carbocycles. The van der Waals surface area contributed by atoms with Crippen molar-refractivity contribution >= 4 is 39.2 Å². The largest absolute Gasteiger partial charge is 0.462 e. The van der Waals surface area contributed by atoms with E-state index in [4.69, 9.17) is 14.7 Å². The first-order valence-electron chi connectivity index (χ1n) is 12.0. The summed E-state index contributed by atoms with van der Waals surface area (Å²) in [6.45, 7) is 6.48. The van der Waals surface area contributed by atoms with Gasteiger partial charge in [-0.25, -0.2) is 19.7 Å². The van der Waals surface area contributed by atoms with Crippen LogP contribution in [0.4, 0.5) is 0 Å². The van der Waals surface area contributed by atoms with Crippen LogP contribution in [0.5, 0.6) is 0 Å². The van der Waals surface area contributed by atoms with Crippen molar-refractivity contribution in [3.63, 3.8) is 0 Å². The molecule has 0 fully saturated rings. The first-order valence-corrected chi connectivity index (χ1v) is 12.0. The molecule has 0 unspecified atom stereocenters. The van der Waals surface area contributed by atoms with Crippen molar-refractivity contribution < 1.29 is 9.53 Å². The highest BCUT2D eigenvalue weighted by molar-refractivity contribution is 6.05. The minimum atomic E-state index is -0.354. The predicted molar refractivity (Wildman–Crippen MR) is 136 cm³/mol. The lowest BCUT2D eigenvalue weighted by molar-refractivity contribution is 0.0500. The molecule has 0 aliphatic carbocycles. The van der Waals surface area contributed by atoms with E-state index in [2.05, 4.69) is 4.98 Å². The summed E-state index contributed by atoms with van der Waals surface area (Å²) < 4.78 is 8.81. The van der Waals surface area contributed by atoms with Crippen LogP contribution in [0.3, 0.4) is 0 Å². The van der Waals surface area contributed by atoms with Gasteiger partial charge >= 0.3 is 5.97 Å². The van der Waals surface area contributed by atoms with Gasteiger partial charge in [-0.2, -0.15) is 0 Å². The van der Waals surface area contributed by atoms with E-state index in [1.807, 2.05) is 61.7 Å². The van der Waals surface area contributed by atoms with Gasteiger partial charge in [0.15, 0.2) is 11.3 Å². The molecule has 0 N–H and O–H groups in total. The summed E-state index contributed by atoms with van der Waals surface area (Å²) in [6, 6.07) is 14.6. The summed E-state index contributed by atoms with van der Waals surface area (Å²) in [6.07, 6.45) is 4.18. The SMILES string of the molecule is CCCCOC(=O)c1ccc(-n2c3nc4ccccc4nc3c3c(=O)n([C@H](C)CC)cnc32)cc1. The molecule has 8 heteroatoms. The first-order chi connectivity index (χ1) is 17.0. The van der Waals surface area contributed by atoms with Crippen LogP contribution >= 0.6 is 0 Å². The van der Waals surface area contributed by atoms with Gasteiger partial charge in [-0.3, -0.25) is 13.9 Å². The number of hydrogen-bond acceptors (Lipinski definition) is 6. The van der Waals surface area contributed by atoms with E-state index in [-0.39, 0.29) is 17.6 Å². The molecule has 5 rings (SSSR count). The Balaban J connectivity index is 1.72. The third kappa shape index (κ3) is 3.95. The quantitative estimate of drug-likeness (QED) is 0.240. The Labute approximate surface area is 202 Å². The number of carbonyl (C=O) groups excluding carboxylic acids is 1. The minimum absolute atomic E-state index is 0.00391. The van der Waals surface area contributed by atoms with E-state index in [1.54, 1.807) is 23.0 Å². The van der Waals surface area contributed by atoms with Crippen LogP contribution in [-0.2, 0) is 4.74 Å². The fourth-order valence-corrected chi connectivity index (χ4v) is 4.14. The molecule has 3 heterocycles. The smallest absolute Gasteiger partial charge is 0.338 e. The van der Waals surface area contributed by atoms with E-state index in [0.29, 0.717) is 39.9 Å². The number of ether oxygens (including phenoxy) is 1. The Hall–Kier alpha value is -4.07. The van der Waals surface area contributed by atoms with Crippen molar-refractivity contribution in [2.45, 2.75) is 46.1 Å². The predicted octanol–water partition coefficient (Wildman–Crippen LogP) is 5.21. The van der Waals surface area contributed by atoms with Crippen LogP contribution < -0.4 is 5.56 Å². The summed E-state index contributed by atoms with van der Waals surface area (Å²) in [7, 11) is 0. The molecule has 0 amide bonds. The second kappa shape index (κ2) is 9.29. The fraction of sp³-hybridized carbons (Fsp3) is 0.296. The van der Waals surface area contributed by atoms with Gasteiger partial charge in [0.2, 0.25) is 0 Å². The monoisotopic (exact) mass is 469 g/mol. The summed E-state index contributed by atoms with van der Waals surface area (Å²) in [5, 5.41) is 0.434. The fourth-order valence-electron chi connectivity index (χ4n) is 4.14. The Bertz CT molecular complexity index is 1600. The molecule has 35 heavy (non-hydrogen) atoms. The number of nitrogens with zero attached hydrogens (tertiary/aromatic N) is 5. The van der Waals surface area contributed by atoms with Crippen molar-refractivity contribution in [1.82, 2.24) is 24.1 Å². The van der Waals surface area contributed by atoms with Gasteiger partial charge in [-0.1, -0.05) is 32.4 Å². The molecule has 0 spiro atoms. The summed E-state index contributed by atoms with van der Waals surface area (Å²) >= 11 is 0. The van der Waals surface area contributed by atoms with Gasteiger partial charge in [0, 0.05) is 11.7 Å². The lowest BCUT2D eigenvalue weighted by Gasteiger charge is -2.12. The number of fused-ring (bicyclic) bond motifs is 4. The van der Waals surface area contributed by atoms with Crippen LogP contribution in [-0.4, -0.2) is 36.7 Å². The van der Waals surface area contributed by atoms with E-state index < -0.39 is 0 Å². The van der Waals surface area contributed by atoms with Crippen molar-refractivity contribution in [3.8, 4) is 5.69 Å². The van der Waals surface area contributed by atoms with Crippen LogP contribution in [0.2, 0.25) is 0 Å². The van der Waals surface area contributed by atoms with E-state index in [0.717, 1.165) is 30.5 Å². The summed E-state index contributed by atoms with van der Waals surface area (Å²) in [5.74, 6) is -0.354. The molecule has 0 aliphatic rings. The molecule has 1 atom stereocenters. The second-order valence-corrected chi connectivity index (χ2v) is 8.67. The molecule has 3 aromatic heterocycles. The Morgan fingerprint density at radius 3 is 2.40 bits per heavy atom. The standard InChI is InChI=1S/C27H27N5O3/c1-4-6-15-35-27(34)18-11-13-19(14-12-18)32-24-22(26(33)31(16-28-24)17(3)5-2)23-25(32)30-21-10-8-7-9-20(21)29-23/h7-14,16-17H,4-6,15H2,1-3H3/t17-/m1/s1. The molecular formula is C27H27N5O3. The molecule has 0 saturated heterocycles. The molecule has 5 aromatic rings. The molecule has 8 nitrogen and oxygen atoms in total. The molecule has 0 radical (unpaired) electrons. The summed E-state index contributed by atoms with van der Waals surface area (Å²) in [4.78, 5) is 40.3. The normalized spacial score (nSPS) is 12.4. The number of unbranched alkanes of at least 4 members (excludes halogenated alkanes) is 1. The van der Waals surface area contributed by atoms with Crippen LogP contribution in [0, 0.1) is 0 Å². The zero-order valence-corrected chi connectivity index (χ0v) is 20.1. The molecule has 0 bridgehead atoms. The third-order valence-corrected chi connectivity index (χ3v) is 6.35. The Morgan fingerprint density at radius 1 is 1.00 bits per heavy atom. The highest BCUT2D eigenvalue weighted by Gasteiger charge is 2.22. The van der Waals surface area contributed by atoms with Crippen LogP contribution in [0.25, 0.3) is 38.9 Å². The number of hydrogen-bond donors (Lipinski definition) is 0. The molecule has 0 saturated carbocycles. The third-order valence-electron chi connectivity index (χ3n) is 6.35. The highest BCUT2D eigenvalue weighted by Crippen LogP contribution is 2.29. The summed E-state index contributed by atoms with van der Waals surface area (Å²) in [5.41, 5.74) is 4.03. The maximum atomic E-state index is 13.6. The number of esters is 1. The number of carbonyl (C=O) groups is 1. The number of aromatic nitrogens is 5. The highest BCUT2D eigenvalue weighted by atomic mass is 16.5. The van der Waals surface area contributed by atoms with Crippen molar-refractivity contribution in [3.05, 3.63) is 70.8 Å². The molecule has 178 valence electrons. The average molecular weight is 470 g/mol. The van der Waals surface area contributed by atoms with Gasteiger partial charge < -0.3 is 4.74 Å². The molecular weight excluding hydrogens is 442 g/mol. The lowest BCUT2D eigenvalue weighted by Crippen LogP contribution is -2.23. The topological polar surface area (TPSA) is 91.9 Å². The van der Waals surface area contributed by atoms with E-state index >= 15 is 0 Å². The average Bonchev–Trinajstić information content (AvgIpc) is 3.21. The number of para-hydroxylation sites is 2. The van der Waals surface area contributed by atoms with E-state index in [1.165, 1.54) is 0 Å². The van der Waals surface area contributed by atoms with Crippen molar-refractivity contribution in [1.29, 1.82) is 0 Å². The van der Waals surface area contributed by atoms with Gasteiger partial charge in [-0.15, -0.1) is 0 Å². The van der Waals surface area contributed by atoms with Crippen molar-refractivity contribution in [2.24, 2.45) is 0 Å². The van der Waals surface area contributed by atoms with Gasteiger partial charge in [0.05, 0.1) is 23.2 Å². The van der Waals surface area contributed by atoms with Crippen molar-refractivity contribution in [2.75, 3.05) is 6.61 Å².